The largest absolute Gasteiger partial charge is 0.480 e. The number of hydrogen-bond acceptors (Lipinski definition) is 4. The first-order chi connectivity index (χ1) is 15.5. The molecule has 33 heavy (non-hydrogen) atoms. The maximum Gasteiger partial charge on any atom is 0.407 e. The Morgan fingerprint density at radius 3 is 2.52 bits per heavy atom. The summed E-state index contributed by atoms with van der Waals surface area (Å²) in [7, 11) is 1.87. The van der Waals surface area contributed by atoms with E-state index in [0.29, 0.717) is 16.6 Å². The highest BCUT2D eigenvalue weighted by Gasteiger charge is 2.43. The van der Waals surface area contributed by atoms with Crippen LogP contribution in [-0.2, 0) is 11.8 Å². The molecule has 2 aromatic heterocycles. The number of alkyl halides is 3. The summed E-state index contributed by atoms with van der Waals surface area (Å²) in [5, 5.41) is 13.1. The van der Waals surface area contributed by atoms with Crippen LogP contribution in [0, 0.1) is 5.92 Å². The molecule has 6 nitrogen and oxygen atoms in total. The normalized spacial score (nSPS) is 14.3. The Morgan fingerprint density at radius 2 is 1.91 bits per heavy atom. The number of halogens is 3. The summed E-state index contributed by atoms with van der Waals surface area (Å²) < 4.78 is 49.4. The topological polar surface area (TPSA) is 80.3 Å². The van der Waals surface area contributed by atoms with Gasteiger partial charge in [-0.25, -0.2) is 4.98 Å². The van der Waals surface area contributed by atoms with E-state index in [2.05, 4.69) is 10.3 Å². The fourth-order valence-electron chi connectivity index (χ4n) is 3.99. The van der Waals surface area contributed by atoms with Crippen LogP contribution in [0.5, 0.6) is 0 Å². The Labute approximate surface area is 188 Å². The number of aryl methyl sites for hydroxylation is 1. The summed E-state index contributed by atoms with van der Waals surface area (Å²) in [5.74, 6) is -1.40. The van der Waals surface area contributed by atoms with E-state index in [1.807, 2.05) is 29.9 Å². The highest BCUT2D eigenvalue weighted by molar-refractivity contribution is 6.06. The van der Waals surface area contributed by atoms with Gasteiger partial charge in [-0.15, -0.1) is 0 Å². The summed E-state index contributed by atoms with van der Waals surface area (Å²) in [6.45, 7) is 3.53. The average Bonchev–Trinajstić information content (AvgIpc) is 3.31. The molecule has 0 bridgehead atoms. The molecule has 0 aliphatic heterocycles. The molecular weight excluding hydrogens is 435 g/mol. The first-order valence-electron chi connectivity index (χ1n) is 10.5. The molecule has 0 radical (unpaired) electrons. The van der Waals surface area contributed by atoms with E-state index in [-0.39, 0.29) is 17.9 Å². The van der Waals surface area contributed by atoms with Gasteiger partial charge >= 0.3 is 12.1 Å². The van der Waals surface area contributed by atoms with Gasteiger partial charge < -0.3 is 14.1 Å². The first-order valence-corrected chi connectivity index (χ1v) is 10.5. The number of carbonyl (C=O) groups is 1. The minimum absolute atomic E-state index is 0.0745. The number of carboxylic acids is 1. The third-order valence-corrected chi connectivity index (χ3v) is 5.53. The smallest absolute Gasteiger partial charge is 0.407 e. The predicted octanol–water partition coefficient (Wildman–Crippen LogP) is 5.68. The number of aliphatic carboxylic acids is 1. The van der Waals surface area contributed by atoms with Crippen LogP contribution in [0.25, 0.3) is 33.2 Å². The Hall–Kier alpha value is -3.33. The fraction of sp³-hybridized carbons (Fsp3) is 0.333. The molecule has 174 valence electrons. The van der Waals surface area contributed by atoms with Crippen LogP contribution < -0.4 is 5.32 Å². The molecule has 0 saturated heterocycles. The van der Waals surface area contributed by atoms with E-state index in [9.17, 15) is 23.1 Å². The van der Waals surface area contributed by atoms with Gasteiger partial charge in [-0.3, -0.25) is 10.1 Å². The lowest BCUT2D eigenvalue weighted by molar-refractivity contribution is -0.163. The molecule has 0 saturated carbocycles. The number of furan rings is 1. The lowest BCUT2D eigenvalue weighted by Crippen LogP contribution is -2.45. The number of hydrogen-bond donors (Lipinski definition) is 2. The number of carboxylic acid groups (broad SMARTS) is 1. The summed E-state index contributed by atoms with van der Waals surface area (Å²) in [5.41, 5.74) is 2.38. The SMILES string of the molecule is CC(C)C[C@H](NC(c1ccc2c(c1)oc1ccc(-c3cn(C)cn3)cc12)C(F)(F)F)C(=O)O. The van der Waals surface area contributed by atoms with Crippen LogP contribution in [0.3, 0.4) is 0 Å². The lowest BCUT2D eigenvalue weighted by Gasteiger charge is -2.26. The standard InChI is InChI=1S/C24H24F3N3O3/c1-13(2)8-18(23(31)32)29-22(24(25,26)27)15-4-6-16-17-9-14(19-11-30(3)12-28-19)5-7-20(17)33-21(16)10-15/h4-7,9-13,18,22,29H,8H2,1-3H3,(H,31,32)/t18-,22?/m0/s1. The van der Waals surface area contributed by atoms with Crippen LogP contribution in [0.1, 0.15) is 31.9 Å². The Balaban J connectivity index is 1.74. The highest BCUT2D eigenvalue weighted by atomic mass is 19.4. The van der Waals surface area contributed by atoms with Crippen molar-refractivity contribution in [1.29, 1.82) is 0 Å². The molecule has 2 heterocycles. The maximum atomic E-state index is 13.9. The molecule has 2 atom stereocenters. The minimum atomic E-state index is -4.68. The van der Waals surface area contributed by atoms with Gasteiger partial charge in [0.1, 0.15) is 23.2 Å². The summed E-state index contributed by atoms with van der Waals surface area (Å²) >= 11 is 0. The minimum Gasteiger partial charge on any atom is -0.480 e. The molecule has 0 aliphatic carbocycles. The number of benzene rings is 2. The van der Waals surface area contributed by atoms with Crippen LogP contribution in [0.15, 0.2) is 53.3 Å². The van der Waals surface area contributed by atoms with Gasteiger partial charge in [0, 0.05) is 29.6 Å². The van der Waals surface area contributed by atoms with Crippen LogP contribution >= 0.6 is 0 Å². The Kier molecular flexibility index (Phi) is 5.92. The van der Waals surface area contributed by atoms with E-state index in [4.69, 9.17) is 4.42 Å². The molecule has 0 fully saturated rings. The summed E-state index contributed by atoms with van der Waals surface area (Å²) in [6, 6.07) is 6.31. The molecule has 2 N–H and O–H groups in total. The quantitative estimate of drug-likeness (QED) is 0.372. The first kappa shape index (κ1) is 22.8. The molecule has 0 amide bonds. The number of aromatic nitrogens is 2. The second-order valence-corrected chi connectivity index (χ2v) is 8.65. The van der Waals surface area contributed by atoms with E-state index in [0.717, 1.165) is 16.6 Å². The predicted molar refractivity (Wildman–Crippen MR) is 119 cm³/mol. The molecule has 4 aromatic rings. The van der Waals surface area contributed by atoms with Gasteiger partial charge in [0.15, 0.2) is 0 Å². The van der Waals surface area contributed by atoms with Gasteiger partial charge in [-0.2, -0.15) is 13.2 Å². The van der Waals surface area contributed by atoms with E-state index in [1.54, 1.807) is 32.3 Å². The van der Waals surface area contributed by atoms with Crippen LogP contribution in [-0.4, -0.2) is 32.8 Å². The summed E-state index contributed by atoms with van der Waals surface area (Å²) in [4.78, 5) is 15.9. The van der Waals surface area contributed by atoms with Gasteiger partial charge in [0.25, 0.3) is 0 Å². The average molecular weight is 459 g/mol. The van der Waals surface area contributed by atoms with Gasteiger partial charge in [0.2, 0.25) is 0 Å². The number of rotatable bonds is 7. The highest BCUT2D eigenvalue weighted by Crippen LogP contribution is 2.38. The van der Waals surface area contributed by atoms with Gasteiger partial charge in [-0.1, -0.05) is 26.0 Å². The second-order valence-electron chi connectivity index (χ2n) is 8.65. The van der Waals surface area contributed by atoms with E-state index in [1.165, 1.54) is 12.1 Å². The van der Waals surface area contributed by atoms with Crippen LogP contribution in [0.2, 0.25) is 0 Å². The second kappa shape index (κ2) is 8.55. The molecule has 1 unspecified atom stereocenters. The van der Waals surface area contributed by atoms with Crippen LogP contribution in [0.4, 0.5) is 13.2 Å². The molecule has 0 spiro atoms. The van der Waals surface area contributed by atoms with Gasteiger partial charge in [-0.05, 0) is 42.2 Å². The molecule has 9 heteroatoms. The van der Waals surface area contributed by atoms with Crippen molar-refractivity contribution in [3.05, 3.63) is 54.5 Å². The zero-order valence-electron chi connectivity index (χ0n) is 18.3. The lowest BCUT2D eigenvalue weighted by atomic mass is 9.99. The summed E-state index contributed by atoms with van der Waals surface area (Å²) in [6.07, 6.45) is -1.05. The van der Waals surface area contributed by atoms with Crippen molar-refractivity contribution >= 4 is 27.9 Å². The zero-order chi connectivity index (χ0) is 23.9. The van der Waals surface area contributed by atoms with Crippen molar-refractivity contribution in [2.24, 2.45) is 13.0 Å². The maximum absolute atomic E-state index is 13.9. The number of fused-ring (bicyclic) bond motifs is 3. The monoisotopic (exact) mass is 459 g/mol. The van der Waals surface area contributed by atoms with Crippen molar-refractivity contribution in [3.63, 3.8) is 0 Å². The van der Waals surface area contributed by atoms with E-state index >= 15 is 0 Å². The number of nitrogens with zero attached hydrogens (tertiary/aromatic N) is 2. The van der Waals surface area contributed by atoms with Crippen molar-refractivity contribution in [1.82, 2.24) is 14.9 Å². The molecular formula is C24H24F3N3O3. The Morgan fingerprint density at radius 1 is 1.15 bits per heavy atom. The fourth-order valence-corrected chi connectivity index (χ4v) is 3.99. The molecule has 2 aromatic carbocycles. The van der Waals surface area contributed by atoms with Crippen molar-refractivity contribution in [2.75, 3.05) is 0 Å². The third-order valence-electron chi connectivity index (χ3n) is 5.53. The molecule has 0 aliphatic rings. The van der Waals surface area contributed by atoms with Gasteiger partial charge in [0.05, 0.1) is 12.0 Å². The van der Waals surface area contributed by atoms with E-state index < -0.39 is 24.2 Å². The zero-order valence-corrected chi connectivity index (χ0v) is 18.3. The van der Waals surface area contributed by atoms with Crippen molar-refractivity contribution in [2.45, 2.75) is 38.5 Å². The van der Waals surface area contributed by atoms with Crippen molar-refractivity contribution < 1.29 is 27.5 Å². The Bertz CT molecular complexity index is 1310. The number of imidazole rings is 1. The van der Waals surface area contributed by atoms with Crippen molar-refractivity contribution in [3.8, 4) is 11.3 Å². The third kappa shape index (κ3) is 4.73. The molecule has 4 rings (SSSR count). The number of nitrogens with one attached hydrogen (secondary N) is 1.